The van der Waals surface area contributed by atoms with Crippen LogP contribution in [-0.4, -0.2) is 34.0 Å². The zero-order chi connectivity index (χ0) is 17.7. The molecule has 23 heavy (non-hydrogen) atoms. The Kier molecular flexibility index (Phi) is 6.68. The van der Waals surface area contributed by atoms with Gasteiger partial charge in [0.05, 0.1) is 11.5 Å². The van der Waals surface area contributed by atoms with Gasteiger partial charge in [0, 0.05) is 11.6 Å². The molecule has 0 aliphatic carbocycles. The number of anilines is 1. The van der Waals surface area contributed by atoms with Crippen molar-refractivity contribution in [2.75, 3.05) is 16.8 Å². The fraction of sp³-hybridized carbons (Fsp3) is 0.688. The molecule has 0 radical (unpaired) electrons. The molecule has 1 heterocycles. The quantitative estimate of drug-likeness (QED) is 0.796. The number of nitrogens with one attached hydrogen (secondary N) is 2. The maximum absolute atomic E-state index is 12.0. The summed E-state index contributed by atoms with van der Waals surface area (Å²) in [6.45, 7) is 12.2. The second-order valence-corrected chi connectivity index (χ2v) is 8.52. The summed E-state index contributed by atoms with van der Waals surface area (Å²) in [6.07, 6.45) is 0.877. The van der Waals surface area contributed by atoms with Crippen molar-refractivity contribution in [2.45, 2.75) is 53.5 Å². The van der Waals surface area contributed by atoms with Gasteiger partial charge in [0.15, 0.2) is 5.82 Å². The van der Waals surface area contributed by atoms with Crippen LogP contribution in [0.3, 0.4) is 0 Å². The van der Waals surface area contributed by atoms with Crippen LogP contribution in [0.1, 0.15) is 46.8 Å². The predicted octanol–water partition coefficient (Wildman–Crippen LogP) is 2.99. The highest BCUT2D eigenvalue weighted by Gasteiger charge is 2.26. The molecule has 0 atom stereocenters. The fourth-order valence-corrected chi connectivity index (χ4v) is 3.24. The van der Waals surface area contributed by atoms with Crippen LogP contribution in [0.4, 0.5) is 5.82 Å². The minimum absolute atomic E-state index is 0.0608. The van der Waals surface area contributed by atoms with Crippen molar-refractivity contribution in [2.24, 2.45) is 5.41 Å². The summed E-state index contributed by atoms with van der Waals surface area (Å²) >= 11 is 1.27. The monoisotopic (exact) mass is 341 g/mol. The first-order chi connectivity index (χ1) is 10.5. The van der Waals surface area contributed by atoms with Crippen LogP contribution in [0.25, 0.3) is 0 Å². The van der Waals surface area contributed by atoms with E-state index in [1.54, 1.807) is 13.0 Å². The minimum atomic E-state index is -0.267. The maximum Gasteiger partial charge on any atom is 0.235 e. The summed E-state index contributed by atoms with van der Waals surface area (Å²) in [6, 6.07) is 1.64. The molecule has 1 aromatic heterocycles. The first-order valence-electron chi connectivity index (χ1n) is 7.59. The summed E-state index contributed by atoms with van der Waals surface area (Å²) in [5.41, 5.74) is -0.129. The van der Waals surface area contributed by atoms with Gasteiger partial charge in [0.2, 0.25) is 11.8 Å². The highest BCUT2D eigenvalue weighted by molar-refractivity contribution is 8.00. The fourth-order valence-electron chi connectivity index (χ4n) is 2.62. The lowest BCUT2D eigenvalue weighted by atomic mass is 9.82. The lowest BCUT2D eigenvalue weighted by Crippen LogP contribution is -2.46. The Morgan fingerprint density at radius 3 is 2.30 bits per heavy atom. The van der Waals surface area contributed by atoms with E-state index in [4.69, 9.17) is 4.52 Å². The van der Waals surface area contributed by atoms with Crippen molar-refractivity contribution < 1.29 is 14.1 Å². The van der Waals surface area contributed by atoms with Crippen LogP contribution < -0.4 is 10.6 Å². The highest BCUT2D eigenvalue weighted by atomic mass is 32.2. The van der Waals surface area contributed by atoms with E-state index in [-0.39, 0.29) is 34.3 Å². The Bertz CT molecular complexity index is 547. The van der Waals surface area contributed by atoms with Crippen LogP contribution >= 0.6 is 11.8 Å². The second-order valence-electron chi connectivity index (χ2n) is 7.53. The van der Waals surface area contributed by atoms with Crippen molar-refractivity contribution >= 4 is 29.4 Å². The third kappa shape index (κ3) is 8.64. The molecule has 0 aliphatic rings. The normalized spacial score (nSPS) is 12.1. The van der Waals surface area contributed by atoms with Gasteiger partial charge in [-0.3, -0.25) is 9.59 Å². The van der Waals surface area contributed by atoms with Crippen LogP contribution in [0.5, 0.6) is 0 Å². The number of carbonyl (C=O) groups is 2. The summed E-state index contributed by atoms with van der Waals surface area (Å²) in [7, 11) is 0. The summed E-state index contributed by atoms with van der Waals surface area (Å²) in [5.74, 6) is 1.20. The molecule has 0 aromatic carbocycles. The number of carbonyl (C=O) groups excluding carboxylic acids is 2. The smallest absolute Gasteiger partial charge is 0.235 e. The molecule has 0 unspecified atom stereocenters. The first-order valence-corrected chi connectivity index (χ1v) is 8.74. The molecule has 0 saturated heterocycles. The molecular weight excluding hydrogens is 314 g/mol. The lowest BCUT2D eigenvalue weighted by Gasteiger charge is -2.33. The van der Waals surface area contributed by atoms with Crippen LogP contribution in [-0.2, 0) is 9.59 Å². The number of aryl methyl sites for hydroxylation is 1. The summed E-state index contributed by atoms with van der Waals surface area (Å²) < 4.78 is 4.87. The van der Waals surface area contributed by atoms with Gasteiger partial charge >= 0.3 is 0 Å². The van der Waals surface area contributed by atoms with Crippen molar-refractivity contribution in [1.29, 1.82) is 0 Å². The molecule has 130 valence electrons. The number of hydrogen-bond acceptors (Lipinski definition) is 5. The standard InChI is InChI=1S/C16H27N3O3S/c1-11-7-12(19-22-11)17-13(20)8-23-9-14(21)18-16(5,6)10-15(2,3)4/h7H,8-10H2,1-6H3,(H,18,21)(H,17,19,20). The van der Waals surface area contributed by atoms with Crippen molar-refractivity contribution in [1.82, 2.24) is 10.5 Å². The van der Waals surface area contributed by atoms with E-state index in [2.05, 4.69) is 36.6 Å². The molecule has 1 rings (SSSR count). The minimum Gasteiger partial charge on any atom is -0.360 e. The van der Waals surface area contributed by atoms with Crippen molar-refractivity contribution in [3.05, 3.63) is 11.8 Å². The summed E-state index contributed by atoms with van der Waals surface area (Å²) in [4.78, 5) is 23.7. The zero-order valence-corrected chi connectivity index (χ0v) is 15.6. The van der Waals surface area contributed by atoms with E-state index in [0.717, 1.165) is 6.42 Å². The van der Waals surface area contributed by atoms with E-state index < -0.39 is 0 Å². The maximum atomic E-state index is 12.0. The SMILES string of the molecule is Cc1cc(NC(=O)CSCC(=O)NC(C)(C)CC(C)(C)C)no1. The van der Waals surface area contributed by atoms with Crippen molar-refractivity contribution in [3.8, 4) is 0 Å². The lowest BCUT2D eigenvalue weighted by molar-refractivity contribution is -0.120. The Morgan fingerprint density at radius 2 is 1.78 bits per heavy atom. The van der Waals surface area contributed by atoms with Crippen molar-refractivity contribution in [3.63, 3.8) is 0 Å². The van der Waals surface area contributed by atoms with E-state index >= 15 is 0 Å². The number of nitrogens with zero attached hydrogens (tertiary/aromatic N) is 1. The molecule has 0 saturated carbocycles. The Labute approximate surface area is 142 Å². The molecule has 2 N–H and O–H groups in total. The highest BCUT2D eigenvalue weighted by Crippen LogP contribution is 2.26. The number of amides is 2. The third-order valence-electron chi connectivity index (χ3n) is 2.81. The number of thioether (sulfide) groups is 1. The van der Waals surface area contributed by atoms with Gasteiger partial charge < -0.3 is 15.2 Å². The van der Waals surface area contributed by atoms with Gasteiger partial charge in [-0.2, -0.15) is 0 Å². The molecule has 2 amide bonds. The predicted molar refractivity (Wildman–Crippen MR) is 93.5 cm³/mol. The Morgan fingerprint density at radius 1 is 1.17 bits per heavy atom. The molecule has 0 aliphatic heterocycles. The molecule has 0 fully saturated rings. The van der Waals surface area contributed by atoms with Gasteiger partial charge in [0.1, 0.15) is 5.76 Å². The van der Waals surface area contributed by atoms with Crippen LogP contribution in [0.2, 0.25) is 0 Å². The largest absolute Gasteiger partial charge is 0.360 e. The topological polar surface area (TPSA) is 84.2 Å². The van der Waals surface area contributed by atoms with Gasteiger partial charge in [0.25, 0.3) is 0 Å². The van der Waals surface area contributed by atoms with Gasteiger partial charge in [-0.25, -0.2) is 0 Å². The second kappa shape index (κ2) is 7.86. The van der Waals surface area contributed by atoms with Crippen LogP contribution in [0.15, 0.2) is 10.6 Å². The molecular formula is C16H27N3O3S. The van der Waals surface area contributed by atoms with Crippen LogP contribution in [0, 0.1) is 12.3 Å². The Hall–Kier alpha value is -1.50. The van der Waals surface area contributed by atoms with Gasteiger partial charge in [-0.15, -0.1) is 11.8 Å². The molecule has 6 nitrogen and oxygen atoms in total. The van der Waals surface area contributed by atoms with Gasteiger partial charge in [-0.1, -0.05) is 25.9 Å². The van der Waals surface area contributed by atoms with E-state index in [0.29, 0.717) is 11.6 Å². The number of aromatic nitrogens is 1. The number of rotatable bonds is 7. The molecule has 7 heteroatoms. The average Bonchev–Trinajstić information content (AvgIpc) is 2.70. The molecule has 1 aromatic rings. The molecule has 0 bridgehead atoms. The van der Waals surface area contributed by atoms with E-state index in [1.165, 1.54) is 11.8 Å². The Balaban J connectivity index is 2.29. The first kappa shape index (κ1) is 19.5. The zero-order valence-electron chi connectivity index (χ0n) is 14.8. The third-order valence-corrected chi connectivity index (χ3v) is 3.74. The van der Waals surface area contributed by atoms with E-state index in [9.17, 15) is 9.59 Å². The van der Waals surface area contributed by atoms with Gasteiger partial charge in [-0.05, 0) is 32.6 Å². The average molecular weight is 341 g/mol. The number of hydrogen-bond donors (Lipinski definition) is 2. The summed E-state index contributed by atoms with van der Waals surface area (Å²) in [5, 5.41) is 9.33. The van der Waals surface area contributed by atoms with E-state index in [1.807, 2.05) is 13.8 Å². The molecule has 0 spiro atoms.